The van der Waals surface area contributed by atoms with Gasteiger partial charge in [0, 0.05) is 26.2 Å². The molecule has 0 aromatic rings. The normalized spacial score (nSPS) is 34.6. The summed E-state index contributed by atoms with van der Waals surface area (Å²) in [6, 6.07) is 0. The van der Waals surface area contributed by atoms with Crippen LogP contribution in [0, 0.1) is 17.3 Å². The zero-order valence-electron chi connectivity index (χ0n) is 12.8. The van der Waals surface area contributed by atoms with Crippen LogP contribution < -0.4 is 5.32 Å². The maximum absolute atomic E-state index is 3.66. The molecule has 2 aliphatic carbocycles. The molecule has 1 heterocycles. The lowest BCUT2D eigenvalue weighted by Gasteiger charge is -2.40. The van der Waals surface area contributed by atoms with E-state index in [9.17, 15) is 0 Å². The van der Waals surface area contributed by atoms with E-state index in [0.717, 1.165) is 18.4 Å². The Bertz CT molecular complexity index is 271. The molecule has 3 aliphatic rings. The highest BCUT2D eigenvalue weighted by Crippen LogP contribution is 2.42. The average Bonchev–Trinajstić information content (AvgIpc) is 2.98. The highest BCUT2D eigenvalue weighted by atomic mass is 15.2. The standard InChI is InChI=1S/C17H32N2/c1-2-18-13-17(9-4-3-5-10-17)14-19-11-15-7-6-8-16(15)12-19/h15-16,18H,2-14H2,1H3. The molecule has 3 rings (SSSR count). The van der Waals surface area contributed by atoms with Crippen LogP contribution in [0.15, 0.2) is 0 Å². The van der Waals surface area contributed by atoms with Gasteiger partial charge in [-0.05, 0) is 49.5 Å². The zero-order chi connectivity index (χ0) is 13.1. The molecule has 2 heteroatoms. The van der Waals surface area contributed by atoms with Crippen molar-refractivity contribution in [1.82, 2.24) is 10.2 Å². The third-order valence-corrected chi connectivity index (χ3v) is 6.03. The van der Waals surface area contributed by atoms with E-state index in [0.29, 0.717) is 5.41 Å². The number of fused-ring (bicyclic) bond motifs is 1. The maximum atomic E-state index is 3.66. The molecule has 2 saturated carbocycles. The van der Waals surface area contributed by atoms with Gasteiger partial charge in [-0.3, -0.25) is 0 Å². The highest BCUT2D eigenvalue weighted by molar-refractivity contribution is 4.94. The summed E-state index contributed by atoms with van der Waals surface area (Å²) in [6.07, 6.45) is 11.9. The zero-order valence-corrected chi connectivity index (χ0v) is 12.8. The number of nitrogens with one attached hydrogen (secondary N) is 1. The van der Waals surface area contributed by atoms with Gasteiger partial charge in [-0.1, -0.05) is 32.6 Å². The first-order valence-electron chi connectivity index (χ1n) is 8.74. The third kappa shape index (κ3) is 3.16. The monoisotopic (exact) mass is 264 g/mol. The van der Waals surface area contributed by atoms with Crippen LogP contribution in [0.4, 0.5) is 0 Å². The maximum Gasteiger partial charge on any atom is 0.00504 e. The first-order valence-corrected chi connectivity index (χ1v) is 8.74. The molecule has 0 radical (unpaired) electrons. The van der Waals surface area contributed by atoms with Crippen molar-refractivity contribution in [1.29, 1.82) is 0 Å². The summed E-state index contributed by atoms with van der Waals surface area (Å²) in [5.41, 5.74) is 0.604. The van der Waals surface area contributed by atoms with Crippen LogP contribution in [-0.2, 0) is 0 Å². The first kappa shape index (κ1) is 13.9. The first-order chi connectivity index (χ1) is 9.31. The molecule has 0 amide bonds. The number of nitrogens with zero attached hydrogens (tertiary/aromatic N) is 1. The number of hydrogen-bond acceptors (Lipinski definition) is 2. The predicted octanol–water partition coefficient (Wildman–Crippen LogP) is 3.28. The lowest BCUT2D eigenvalue weighted by Crippen LogP contribution is -2.45. The minimum absolute atomic E-state index is 0.604. The summed E-state index contributed by atoms with van der Waals surface area (Å²) >= 11 is 0. The van der Waals surface area contributed by atoms with Gasteiger partial charge >= 0.3 is 0 Å². The van der Waals surface area contributed by atoms with Gasteiger partial charge in [0.15, 0.2) is 0 Å². The molecule has 3 fully saturated rings. The van der Waals surface area contributed by atoms with Gasteiger partial charge in [0.05, 0.1) is 0 Å². The largest absolute Gasteiger partial charge is 0.316 e. The molecule has 0 aromatic heterocycles. The van der Waals surface area contributed by atoms with E-state index in [1.165, 1.54) is 77.5 Å². The lowest BCUT2D eigenvalue weighted by atomic mass is 9.73. The predicted molar refractivity (Wildman–Crippen MR) is 81.3 cm³/mol. The Morgan fingerprint density at radius 1 is 1.00 bits per heavy atom. The fourth-order valence-corrected chi connectivity index (χ4v) is 5.02. The van der Waals surface area contributed by atoms with Gasteiger partial charge < -0.3 is 10.2 Å². The van der Waals surface area contributed by atoms with E-state index in [1.807, 2.05) is 0 Å². The summed E-state index contributed by atoms with van der Waals surface area (Å²) in [5.74, 6) is 2.11. The molecule has 2 atom stereocenters. The molecule has 1 N–H and O–H groups in total. The number of likely N-dealkylation sites (tertiary alicyclic amines) is 1. The minimum Gasteiger partial charge on any atom is -0.316 e. The van der Waals surface area contributed by atoms with Crippen molar-refractivity contribution in [3.05, 3.63) is 0 Å². The van der Waals surface area contributed by atoms with E-state index in [2.05, 4.69) is 17.1 Å². The van der Waals surface area contributed by atoms with Crippen molar-refractivity contribution in [3.8, 4) is 0 Å². The van der Waals surface area contributed by atoms with Crippen LogP contribution >= 0.6 is 0 Å². The fraction of sp³-hybridized carbons (Fsp3) is 1.00. The van der Waals surface area contributed by atoms with Crippen LogP contribution in [0.5, 0.6) is 0 Å². The van der Waals surface area contributed by atoms with Crippen molar-refractivity contribution in [2.24, 2.45) is 17.3 Å². The Morgan fingerprint density at radius 2 is 1.68 bits per heavy atom. The van der Waals surface area contributed by atoms with Crippen LogP contribution in [0.1, 0.15) is 58.3 Å². The third-order valence-electron chi connectivity index (χ3n) is 6.03. The Kier molecular flexibility index (Phi) is 4.48. The molecule has 2 nitrogen and oxygen atoms in total. The second kappa shape index (κ2) is 6.13. The van der Waals surface area contributed by atoms with Gasteiger partial charge in [-0.15, -0.1) is 0 Å². The fourth-order valence-electron chi connectivity index (χ4n) is 5.02. The smallest absolute Gasteiger partial charge is 0.00504 e. The van der Waals surface area contributed by atoms with Gasteiger partial charge in [0.25, 0.3) is 0 Å². The van der Waals surface area contributed by atoms with Gasteiger partial charge in [0.1, 0.15) is 0 Å². The molecule has 0 spiro atoms. The molecular weight excluding hydrogens is 232 g/mol. The summed E-state index contributed by atoms with van der Waals surface area (Å²) in [7, 11) is 0. The number of hydrogen-bond donors (Lipinski definition) is 1. The van der Waals surface area contributed by atoms with Crippen molar-refractivity contribution >= 4 is 0 Å². The molecule has 0 bridgehead atoms. The molecular formula is C17H32N2. The van der Waals surface area contributed by atoms with Crippen molar-refractivity contribution in [3.63, 3.8) is 0 Å². The molecule has 1 aliphatic heterocycles. The summed E-state index contributed by atoms with van der Waals surface area (Å²) in [4.78, 5) is 2.83. The SMILES string of the molecule is CCNCC1(CN2CC3CCCC3C2)CCCCC1. The van der Waals surface area contributed by atoms with E-state index < -0.39 is 0 Å². The van der Waals surface area contributed by atoms with Gasteiger partial charge in [-0.25, -0.2) is 0 Å². The van der Waals surface area contributed by atoms with Crippen LogP contribution in [0.25, 0.3) is 0 Å². The Balaban J connectivity index is 1.58. The van der Waals surface area contributed by atoms with Crippen molar-refractivity contribution in [2.75, 3.05) is 32.7 Å². The second-order valence-electron chi connectivity index (χ2n) is 7.49. The Hall–Kier alpha value is -0.0800. The summed E-state index contributed by atoms with van der Waals surface area (Å²) in [6.45, 7) is 8.85. The van der Waals surface area contributed by atoms with E-state index in [1.54, 1.807) is 0 Å². The average molecular weight is 264 g/mol. The Labute approximate surface area is 119 Å². The van der Waals surface area contributed by atoms with Crippen LogP contribution in [0.2, 0.25) is 0 Å². The molecule has 0 aromatic carbocycles. The minimum atomic E-state index is 0.604. The van der Waals surface area contributed by atoms with E-state index >= 15 is 0 Å². The van der Waals surface area contributed by atoms with Crippen LogP contribution in [-0.4, -0.2) is 37.6 Å². The van der Waals surface area contributed by atoms with E-state index in [-0.39, 0.29) is 0 Å². The molecule has 1 saturated heterocycles. The van der Waals surface area contributed by atoms with E-state index in [4.69, 9.17) is 0 Å². The highest BCUT2D eigenvalue weighted by Gasteiger charge is 2.40. The quantitative estimate of drug-likeness (QED) is 0.820. The summed E-state index contributed by atoms with van der Waals surface area (Å²) in [5, 5.41) is 3.66. The number of rotatable bonds is 5. The molecule has 19 heavy (non-hydrogen) atoms. The van der Waals surface area contributed by atoms with Crippen molar-refractivity contribution in [2.45, 2.75) is 58.3 Å². The lowest BCUT2D eigenvalue weighted by molar-refractivity contribution is 0.112. The van der Waals surface area contributed by atoms with Crippen LogP contribution in [0.3, 0.4) is 0 Å². The summed E-state index contributed by atoms with van der Waals surface area (Å²) < 4.78 is 0. The van der Waals surface area contributed by atoms with Crippen molar-refractivity contribution < 1.29 is 0 Å². The molecule has 110 valence electrons. The topological polar surface area (TPSA) is 15.3 Å². The second-order valence-corrected chi connectivity index (χ2v) is 7.49. The Morgan fingerprint density at radius 3 is 2.32 bits per heavy atom. The van der Waals surface area contributed by atoms with Gasteiger partial charge in [-0.2, -0.15) is 0 Å². The van der Waals surface area contributed by atoms with Gasteiger partial charge in [0.2, 0.25) is 0 Å². The molecule has 2 unspecified atom stereocenters.